The van der Waals surface area contributed by atoms with E-state index in [4.69, 9.17) is 11.6 Å². The van der Waals surface area contributed by atoms with E-state index in [1.54, 1.807) is 6.07 Å². The van der Waals surface area contributed by atoms with E-state index < -0.39 is 11.6 Å². The maximum absolute atomic E-state index is 13.3. The predicted octanol–water partition coefficient (Wildman–Crippen LogP) is 4.78. The molecule has 2 atom stereocenters. The Balaban J connectivity index is 2.06. The Hall–Kier alpha value is -1.41. The van der Waals surface area contributed by atoms with E-state index in [0.717, 1.165) is 23.1 Å². The van der Waals surface area contributed by atoms with Crippen LogP contribution in [0.2, 0.25) is 0 Å². The Labute approximate surface area is 109 Å². The molecule has 0 heterocycles. The van der Waals surface area contributed by atoms with Crippen LogP contribution in [-0.2, 0) is 0 Å². The molecule has 2 aromatic carbocycles. The van der Waals surface area contributed by atoms with Gasteiger partial charge in [-0.2, -0.15) is 0 Å². The minimum absolute atomic E-state index is 0.0544. The lowest BCUT2D eigenvalue weighted by Gasteiger charge is -2.12. The molecule has 3 heteroatoms. The van der Waals surface area contributed by atoms with Crippen molar-refractivity contribution in [3.8, 4) is 0 Å². The first kappa shape index (κ1) is 11.7. The molecule has 0 spiro atoms. The van der Waals surface area contributed by atoms with Crippen LogP contribution in [0.1, 0.15) is 34.4 Å². The lowest BCUT2D eigenvalue weighted by molar-refractivity contribution is 0.506. The Kier molecular flexibility index (Phi) is 2.83. The topological polar surface area (TPSA) is 0 Å². The molecule has 2 aromatic rings. The van der Waals surface area contributed by atoms with Gasteiger partial charge in [-0.05, 0) is 35.2 Å². The van der Waals surface area contributed by atoms with Crippen molar-refractivity contribution < 1.29 is 8.78 Å². The van der Waals surface area contributed by atoms with E-state index in [1.807, 2.05) is 24.3 Å². The second-order valence-corrected chi connectivity index (χ2v) is 5.09. The molecule has 0 fully saturated rings. The highest BCUT2D eigenvalue weighted by Gasteiger charge is 2.30. The summed E-state index contributed by atoms with van der Waals surface area (Å²) in [5, 5.41) is -0.0562. The second-order valence-electron chi connectivity index (χ2n) is 4.56. The molecule has 18 heavy (non-hydrogen) atoms. The molecule has 0 aliphatic heterocycles. The van der Waals surface area contributed by atoms with Crippen LogP contribution >= 0.6 is 11.6 Å². The Morgan fingerprint density at radius 2 is 1.67 bits per heavy atom. The first-order chi connectivity index (χ1) is 8.66. The molecule has 0 saturated carbocycles. The van der Waals surface area contributed by atoms with Gasteiger partial charge in [0.25, 0.3) is 0 Å². The predicted molar refractivity (Wildman–Crippen MR) is 67.9 cm³/mol. The number of alkyl halides is 1. The zero-order chi connectivity index (χ0) is 12.7. The highest BCUT2D eigenvalue weighted by molar-refractivity contribution is 6.21. The third kappa shape index (κ3) is 1.81. The fourth-order valence-corrected chi connectivity index (χ4v) is 3.00. The smallest absolute Gasteiger partial charge is 0.159 e. The third-order valence-corrected chi connectivity index (χ3v) is 3.91. The van der Waals surface area contributed by atoms with Gasteiger partial charge in [0, 0.05) is 5.92 Å². The van der Waals surface area contributed by atoms with Crippen LogP contribution in [-0.4, -0.2) is 0 Å². The summed E-state index contributed by atoms with van der Waals surface area (Å²) in [6, 6.07) is 12.0. The van der Waals surface area contributed by atoms with Gasteiger partial charge in [-0.3, -0.25) is 0 Å². The van der Waals surface area contributed by atoms with Crippen molar-refractivity contribution in [3.05, 3.63) is 70.8 Å². The van der Waals surface area contributed by atoms with Gasteiger partial charge in [0.05, 0.1) is 5.38 Å². The molecule has 3 rings (SSSR count). The van der Waals surface area contributed by atoms with Crippen molar-refractivity contribution in [3.63, 3.8) is 0 Å². The number of rotatable bonds is 1. The van der Waals surface area contributed by atoms with E-state index in [-0.39, 0.29) is 11.3 Å². The van der Waals surface area contributed by atoms with Gasteiger partial charge in [0.1, 0.15) is 0 Å². The van der Waals surface area contributed by atoms with Gasteiger partial charge in [-0.15, -0.1) is 11.6 Å². The Morgan fingerprint density at radius 3 is 2.39 bits per heavy atom. The van der Waals surface area contributed by atoms with Gasteiger partial charge in [0.2, 0.25) is 0 Å². The van der Waals surface area contributed by atoms with Crippen molar-refractivity contribution in [2.45, 2.75) is 17.7 Å². The summed E-state index contributed by atoms with van der Waals surface area (Å²) < 4.78 is 26.3. The van der Waals surface area contributed by atoms with Crippen molar-refractivity contribution in [2.75, 3.05) is 0 Å². The normalized spacial score (nSPS) is 21.9. The van der Waals surface area contributed by atoms with Gasteiger partial charge in [0.15, 0.2) is 11.6 Å². The van der Waals surface area contributed by atoms with Gasteiger partial charge < -0.3 is 0 Å². The summed E-state index contributed by atoms with van der Waals surface area (Å²) in [6.07, 6.45) is 0.728. The molecular formula is C15H11ClF2. The average Bonchev–Trinajstić information content (AvgIpc) is 2.71. The molecule has 0 radical (unpaired) electrons. The third-order valence-electron chi connectivity index (χ3n) is 3.50. The molecule has 0 unspecified atom stereocenters. The van der Waals surface area contributed by atoms with Crippen molar-refractivity contribution in [1.82, 2.24) is 0 Å². The van der Waals surface area contributed by atoms with Crippen LogP contribution < -0.4 is 0 Å². The second kappa shape index (κ2) is 4.36. The number of hydrogen-bond acceptors (Lipinski definition) is 0. The first-order valence-corrected chi connectivity index (χ1v) is 6.28. The van der Waals surface area contributed by atoms with E-state index in [0.29, 0.717) is 0 Å². The van der Waals surface area contributed by atoms with E-state index >= 15 is 0 Å². The average molecular weight is 265 g/mol. The molecule has 0 N–H and O–H groups in total. The van der Waals surface area contributed by atoms with Gasteiger partial charge in [-0.25, -0.2) is 8.78 Å². The summed E-state index contributed by atoms with van der Waals surface area (Å²) in [4.78, 5) is 0. The maximum atomic E-state index is 13.3. The van der Waals surface area contributed by atoms with Crippen molar-refractivity contribution >= 4 is 11.6 Å². The summed E-state index contributed by atoms with van der Waals surface area (Å²) >= 11 is 6.29. The van der Waals surface area contributed by atoms with E-state index in [1.165, 1.54) is 12.1 Å². The number of fused-ring (bicyclic) bond motifs is 1. The molecule has 0 aromatic heterocycles. The van der Waals surface area contributed by atoms with Gasteiger partial charge in [-0.1, -0.05) is 30.3 Å². The summed E-state index contributed by atoms with van der Waals surface area (Å²) in [5.74, 6) is -1.56. The molecule has 92 valence electrons. The molecule has 0 nitrogen and oxygen atoms in total. The van der Waals surface area contributed by atoms with Gasteiger partial charge >= 0.3 is 0 Å². The van der Waals surface area contributed by atoms with Crippen molar-refractivity contribution in [1.29, 1.82) is 0 Å². The van der Waals surface area contributed by atoms with Crippen molar-refractivity contribution in [2.24, 2.45) is 0 Å². The molecule has 0 amide bonds. The fourth-order valence-electron chi connectivity index (χ4n) is 2.62. The zero-order valence-electron chi connectivity index (χ0n) is 9.54. The van der Waals surface area contributed by atoms with Crippen LogP contribution in [0, 0.1) is 11.6 Å². The minimum atomic E-state index is -0.813. The number of hydrogen-bond donors (Lipinski definition) is 0. The summed E-state index contributed by atoms with van der Waals surface area (Å²) in [6.45, 7) is 0. The quantitative estimate of drug-likeness (QED) is 0.650. The summed E-state index contributed by atoms with van der Waals surface area (Å²) in [7, 11) is 0. The Morgan fingerprint density at radius 1 is 0.944 bits per heavy atom. The number of halogens is 3. The number of benzene rings is 2. The van der Waals surface area contributed by atoms with E-state index in [2.05, 4.69) is 0 Å². The van der Waals surface area contributed by atoms with Crippen LogP contribution in [0.4, 0.5) is 8.78 Å². The monoisotopic (exact) mass is 264 g/mol. The fraction of sp³-hybridized carbons (Fsp3) is 0.200. The standard InChI is InChI=1S/C15H11ClF2/c16-13-8-12(10-3-1-2-4-11(10)13)9-5-6-14(17)15(18)7-9/h1-7,12-13H,8H2/t12-,13+/m0/s1. The molecular weight excluding hydrogens is 254 g/mol. The molecule has 1 aliphatic carbocycles. The minimum Gasteiger partial charge on any atom is -0.204 e. The van der Waals surface area contributed by atoms with E-state index in [9.17, 15) is 8.78 Å². The Bertz CT molecular complexity index is 595. The van der Waals surface area contributed by atoms with Crippen LogP contribution in [0.25, 0.3) is 0 Å². The SMILES string of the molecule is Fc1ccc([C@@H]2C[C@@H](Cl)c3ccccc32)cc1F. The first-order valence-electron chi connectivity index (χ1n) is 5.84. The molecule has 1 aliphatic rings. The highest BCUT2D eigenvalue weighted by atomic mass is 35.5. The summed E-state index contributed by atoms with van der Waals surface area (Å²) in [5.41, 5.74) is 2.99. The largest absolute Gasteiger partial charge is 0.204 e. The molecule has 0 saturated heterocycles. The van der Waals surface area contributed by atoms with Crippen LogP contribution in [0.3, 0.4) is 0 Å². The highest BCUT2D eigenvalue weighted by Crippen LogP contribution is 2.46. The van der Waals surface area contributed by atoms with Crippen LogP contribution in [0.5, 0.6) is 0 Å². The zero-order valence-corrected chi connectivity index (χ0v) is 10.3. The van der Waals surface area contributed by atoms with Crippen LogP contribution in [0.15, 0.2) is 42.5 Å². The lowest BCUT2D eigenvalue weighted by Crippen LogP contribution is -1.98. The lowest BCUT2D eigenvalue weighted by atomic mass is 9.93. The molecule has 0 bridgehead atoms. The maximum Gasteiger partial charge on any atom is 0.159 e.